The zero-order chi connectivity index (χ0) is 21.1. The minimum absolute atomic E-state index is 0.0104. The van der Waals surface area contributed by atoms with Crippen molar-refractivity contribution in [2.75, 3.05) is 23.8 Å². The lowest BCUT2D eigenvalue weighted by molar-refractivity contribution is -0.137. The summed E-state index contributed by atoms with van der Waals surface area (Å²) in [6.07, 6.45) is -2.74. The van der Waals surface area contributed by atoms with Crippen LogP contribution in [0.5, 0.6) is 0 Å². The van der Waals surface area contributed by atoms with Gasteiger partial charge in [0.15, 0.2) is 5.65 Å². The summed E-state index contributed by atoms with van der Waals surface area (Å²) in [5.41, 5.74) is 1.89. The van der Waals surface area contributed by atoms with Crippen LogP contribution < -0.4 is 10.6 Å². The third kappa shape index (κ3) is 4.18. The van der Waals surface area contributed by atoms with Gasteiger partial charge >= 0.3 is 6.18 Å². The van der Waals surface area contributed by atoms with E-state index in [1.807, 2.05) is 24.3 Å². The monoisotopic (exact) mass is 414 g/mol. The number of aliphatic hydroxyl groups excluding tert-OH is 1. The molecule has 0 aliphatic carbocycles. The minimum atomic E-state index is -4.38. The van der Waals surface area contributed by atoms with Gasteiger partial charge in [-0.25, -0.2) is 9.50 Å². The van der Waals surface area contributed by atoms with Crippen LogP contribution in [-0.2, 0) is 6.18 Å². The van der Waals surface area contributed by atoms with Gasteiger partial charge < -0.3 is 15.7 Å². The third-order valence-corrected chi connectivity index (χ3v) is 4.30. The quantitative estimate of drug-likeness (QED) is 0.443. The summed E-state index contributed by atoms with van der Waals surface area (Å²) >= 11 is 0. The second-order valence-electron chi connectivity index (χ2n) is 6.40. The Bertz CT molecular complexity index is 1160. The van der Waals surface area contributed by atoms with Crippen molar-refractivity contribution in [3.63, 3.8) is 0 Å². The largest absolute Gasteiger partial charge is 0.416 e. The Hall–Kier alpha value is -3.66. The number of fused-ring (bicyclic) bond motifs is 1. The summed E-state index contributed by atoms with van der Waals surface area (Å²) in [5.74, 6) is 0.872. The normalized spacial score (nSPS) is 11.6. The van der Waals surface area contributed by atoms with Crippen molar-refractivity contribution in [1.82, 2.24) is 19.6 Å². The van der Waals surface area contributed by atoms with E-state index in [-0.39, 0.29) is 12.6 Å². The fourth-order valence-electron chi connectivity index (χ4n) is 2.92. The van der Waals surface area contributed by atoms with E-state index in [2.05, 4.69) is 25.7 Å². The number of halogens is 3. The average Bonchev–Trinajstić information content (AvgIpc) is 3.14. The van der Waals surface area contributed by atoms with Gasteiger partial charge in [-0.15, -0.1) is 5.10 Å². The first-order chi connectivity index (χ1) is 14.4. The molecular weight excluding hydrogens is 397 g/mol. The Morgan fingerprint density at radius 2 is 1.83 bits per heavy atom. The number of anilines is 3. The Morgan fingerprint density at radius 3 is 2.57 bits per heavy atom. The number of nitrogens with one attached hydrogen (secondary N) is 2. The second-order valence-corrected chi connectivity index (χ2v) is 6.40. The first-order valence-corrected chi connectivity index (χ1v) is 9.05. The molecule has 154 valence electrons. The predicted octanol–water partition coefficient (Wildman–Crippen LogP) is 3.96. The maximum absolute atomic E-state index is 12.7. The lowest BCUT2D eigenvalue weighted by atomic mass is 10.1. The highest BCUT2D eigenvalue weighted by Crippen LogP contribution is 2.30. The van der Waals surface area contributed by atoms with Crippen LogP contribution in [0.25, 0.3) is 16.9 Å². The third-order valence-electron chi connectivity index (χ3n) is 4.30. The molecule has 4 rings (SSSR count). The molecule has 30 heavy (non-hydrogen) atoms. The van der Waals surface area contributed by atoms with Gasteiger partial charge in [-0.05, 0) is 48.5 Å². The molecule has 0 unspecified atom stereocenters. The number of aliphatic hydroxyl groups is 1. The van der Waals surface area contributed by atoms with E-state index in [1.165, 1.54) is 12.1 Å². The molecule has 0 aliphatic rings. The summed E-state index contributed by atoms with van der Waals surface area (Å²) in [4.78, 5) is 8.60. The van der Waals surface area contributed by atoms with Crippen LogP contribution in [0.3, 0.4) is 0 Å². The highest BCUT2D eigenvalue weighted by atomic mass is 19.4. The molecule has 7 nitrogen and oxygen atoms in total. The molecule has 3 heterocycles. The van der Waals surface area contributed by atoms with Crippen LogP contribution in [0.2, 0.25) is 0 Å². The SMILES string of the molecule is OCCNc1cc(-c2cccc3nc(Nc4ccc(C(F)(F)F)cc4)nn23)ccn1. The molecule has 0 fully saturated rings. The van der Waals surface area contributed by atoms with Crippen LogP contribution >= 0.6 is 0 Å². The molecule has 0 spiro atoms. The number of pyridine rings is 2. The van der Waals surface area contributed by atoms with Crippen LogP contribution in [0.15, 0.2) is 60.8 Å². The van der Waals surface area contributed by atoms with Crippen molar-refractivity contribution < 1.29 is 18.3 Å². The van der Waals surface area contributed by atoms with Gasteiger partial charge in [-0.1, -0.05) is 6.07 Å². The van der Waals surface area contributed by atoms with E-state index in [1.54, 1.807) is 16.8 Å². The Balaban J connectivity index is 1.63. The lowest BCUT2D eigenvalue weighted by Gasteiger charge is -2.08. The zero-order valence-corrected chi connectivity index (χ0v) is 15.6. The summed E-state index contributed by atoms with van der Waals surface area (Å²) in [7, 11) is 0. The van der Waals surface area contributed by atoms with Gasteiger partial charge in [0.1, 0.15) is 5.82 Å². The number of alkyl halides is 3. The highest BCUT2D eigenvalue weighted by molar-refractivity contribution is 5.67. The van der Waals surface area contributed by atoms with Gasteiger partial charge in [-0.2, -0.15) is 18.2 Å². The van der Waals surface area contributed by atoms with Crippen molar-refractivity contribution in [2.45, 2.75) is 6.18 Å². The Labute approximate surface area is 169 Å². The number of rotatable bonds is 6. The summed E-state index contributed by atoms with van der Waals surface area (Å²) in [5, 5.41) is 19.3. The van der Waals surface area contributed by atoms with E-state index >= 15 is 0 Å². The van der Waals surface area contributed by atoms with E-state index in [0.29, 0.717) is 23.7 Å². The number of benzene rings is 1. The molecular formula is C20H17F3N6O. The number of aromatic nitrogens is 4. The Kier molecular flexibility index (Phi) is 5.23. The molecule has 3 N–H and O–H groups in total. The van der Waals surface area contributed by atoms with Crippen molar-refractivity contribution in [3.05, 3.63) is 66.4 Å². The molecule has 0 aliphatic heterocycles. The lowest BCUT2D eigenvalue weighted by Crippen LogP contribution is -2.06. The second kappa shape index (κ2) is 7.99. The summed E-state index contributed by atoms with van der Waals surface area (Å²) in [6.45, 7) is 0.370. The first kappa shape index (κ1) is 19.6. The fourth-order valence-corrected chi connectivity index (χ4v) is 2.92. The molecule has 1 aromatic carbocycles. The summed E-state index contributed by atoms with van der Waals surface area (Å²) < 4.78 is 39.8. The minimum Gasteiger partial charge on any atom is -0.395 e. The standard InChI is InChI=1S/C20H17F3N6O/c21-20(22,23)14-4-6-15(7-5-14)26-19-27-18-3-1-2-16(29(18)28-19)13-8-9-24-17(12-13)25-10-11-30/h1-9,12,30H,10-11H2,(H,24,25)(H,26,28). The van der Waals surface area contributed by atoms with Crippen molar-refractivity contribution in [2.24, 2.45) is 0 Å². The van der Waals surface area contributed by atoms with Gasteiger partial charge in [0.2, 0.25) is 5.95 Å². The van der Waals surface area contributed by atoms with E-state index < -0.39 is 11.7 Å². The maximum Gasteiger partial charge on any atom is 0.416 e. The topological polar surface area (TPSA) is 87.4 Å². The molecule has 0 atom stereocenters. The fraction of sp³-hybridized carbons (Fsp3) is 0.150. The van der Waals surface area contributed by atoms with Crippen LogP contribution in [0, 0.1) is 0 Å². The van der Waals surface area contributed by atoms with Crippen molar-refractivity contribution in [1.29, 1.82) is 0 Å². The molecule has 0 bridgehead atoms. The van der Waals surface area contributed by atoms with Gasteiger partial charge in [0.25, 0.3) is 0 Å². The van der Waals surface area contributed by atoms with E-state index in [4.69, 9.17) is 5.11 Å². The van der Waals surface area contributed by atoms with Gasteiger partial charge in [0.05, 0.1) is 17.9 Å². The molecule has 0 radical (unpaired) electrons. The Morgan fingerprint density at radius 1 is 1.03 bits per heavy atom. The smallest absolute Gasteiger partial charge is 0.395 e. The van der Waals surface area contributed by atoms with E-state index in [9.17, 15) is 13.2 Å². The zero-order valence-electron chi connectivity index (χ0n) is 15.6. The number of hydrogen-bond acceptors (Lipinski definition) is 6. The predicted molar refractivity (Wildman–Crippen MR) is 107 cm³/mol. The number of hydrogen-bond donors (Lipinski definition) is 3. The van der Waals surface area contributed by atoms with Crippen molar-refractivity contribution >= 4 is 23.1 Å². The molecule has 3 aromatic heterocycles. The molecule has 0 saturated carbocycles. The first-order valence-electron chi connectivity index (χ1n) is 9.05. The summed E-state index contributed by atoms with van der Waals surface area (Å²) in [6, 6.07) is 13.8. The number of nitrogens with zero attached hydrogens (tertiary/aromatic N) is 4. The molecule has 4 aromatic rings. The highest BCUT2D eigenvalue weighted by Gasteiger charge is 2.29. The van der Waals surface area contributed by atoms with E-state index in [0.717, 1.165) is 23.4 Å². The van der Waals surface area contributed by atoms with Crippen LogP contribution in [0.4, 0.5) is 30.6 Å². The average molecular weight is 414 g/mol. The van der Waals surface area contributed by atoms with Gasteiger partial charge in [0, 0.05) is 24.0 Å². The molecule has 0 saturated heterocycles. The maximum atomic E-state index is 12.7. The molecule has 0 amide bonds. The van der Waals surface area contributed by atoms with Gasteiger partial charge in [-0.3, -0.25) is 0 Å². The van der Waals surface area contributed by atoms with Crippen LogP contribution in [0.1, 0.15) is 5.56 Å². The van der Waals surface area contributed by atoms with Crippen molar-refractivity contribution in [3.8, 4) is 11.3 Å². The molecule has 10 heteroatoms. The van der Waals surface area contributed by atoms with Crippen LogP contribution in [-0.4, -0.2) is 37.8 Å².